The van der Waals surface area contributed by atoms with Crippen molar-refractivity contribution in [3.63, 3.8) is 0 Å². The van der Waals surface area contributed by atoms with Crippen LogP contribution in [-0.4, -0.2) is 19.1 Å². The van der Waals surface area contributed by atoms with Crippen molar-refractivity contribution in [2.75, 3.05) is 0 Å². The van der Waals surface area contributed by atoms with Crippen LogP contribution in [0.3, 0.4) is 0 Å². The summed E-state index contributed by atoms with van der Waals surface area (Å²) in [5.74, 6) is 0. The van der Waals surface area contributed by atoms with Crippen molar-refractivity contribution in [3.8, 4) is 0 Å². The topological polar surface area (TPSA) is 72.7 Å². The zero-order chi connectivity index (χ0) is 20.4. The smallest absolute Gasteiger partial charge is 0.323 e. The van der Waals surface area contributed by atoms with Gasteiger partial charge >= 0.3 is 5.69 Å². The van der Waals surface area contributed by atoms with E-state index in [0.29, 0.717) is 30.7 Å². The van der Waals surface area contributed by atoms with Crippen LogP contribution >= 0.6 is 22.9 Å². The normalized spacial score (nSPS) is 11.7. The number of fused-ring (bicyclic) bond motifs is 2. The van der Waals surface area contributed by atoms with E-state index in [9.17, 15) is 9.59 Å². The maximum Gasteiger partial charge on any atom is 0.332 e. The molecule has 8 heteroatoms. The number of unbranched alkanes of at least 4 members (excludes halogenated alkanes) is 2. The van der Waals surface area contributed by atoms with Crippen molar-refractivity contribution < 1.29 is 0 Å². The third-order valence-electron chi connectivity index (χ3n) is 5.10. The van der Waals surface area contributed by atoms with Crippen molar-refractivity contribution in [3.05, 3.63) is 61.3 Å². The van der Waals surface area contributed by atoms with Gasteiger partial charge in [-0.1, -0.05) is 38.0 Å². The highest BCUT2D eigenvalue weighted by atomic mass is 35.5. The Balaban J connectivity index is 1.60. The predicted octanol–water partition coefficient (Wildman–Crippen LogP) is 4.58. The van der Waals surface area contributed by atoms with Crippen LogP contribution in [0.1, 0.15) is 37.5 Å². The minimum absolute atomic E-state index is 0.128. The fourth-order valence-corrected chi connectivity index (χ4v) is 4.91. The van der Waals surface area contributed by atoms with E-state index < -0.39 is 0 Å². The minimum atomic E-state index is -0.354. The van der Waals surface area contributed by atoms with Gasteiger partial charge < -0.3 is 4.98 Å². The largest absolute Gasteiger partial charge is 0.332 e. The summed E-state index contributed by atoms with van der Waals surface area (Å²) in [5.41, 5.74) is -0.0135. The van der Waals surface area contributed by atoms with Gasteiger partial charge in [0.25, 0.3) is 5.56 Å². The van der Waals surface area contributed by atoms with E-state index in [-0.39, 0.29) is 16.5 Å². The molecule has 4 aromatic rings. The van der Waals surface area contributed by atoms with Crippen LogP contribution in [-0.2, 0) is 19.5 Å². The lowest BCUT2D eigenvalue weighted by molar-refractivity contribution is 0.527. The SMILES string of the molecule is CCCCCn1c(=O)n(CCCc2cc3ccccc3s2)c(=O)c2[nH]c(Cl)nc21. The first-order chi connectivity index (χ1) is 14.1. The Kier molecular flexibility index (Phi) is 5.87. The number of hydrogen-bond acceptors (Lipinski definition) is 4. The highest BCUT2D eigenvalue weighted by Crippen LogP contribution is 2.26. The molecule has 0 spiro atoms. The Morgan fingerprint density at radius 2 is 1.90 bits per heavy atom. The molecule has 1 N–H and O–H groups in total. The first kappa shape index (κ1) is 19.9. The van der Waals surface area contributed by atoms with Crippen molar-refractivity contribution >= 4 is 44.2 Å². The number of benzene rings is 1. The Morgan fingerprint density at radius 1 is 1.10 bits per heavy atom. The molecule has 0 atom stereocenters. The number of aryl methyl sites for hydroxylation is 2. The lowest BCUT2D eigenvalue weighted by Gasteiger charge is -2.11. The van der Waals surface area contributed by atoms with Crippen molar-refractivity contribution in [2.45, 2.75) is 52.1 Å². The molecule has 0 aliphatic rings. The summed E-state index contributed by atoms with van der Waals surface area (Å²) >= 11 is 7.75. The molecular formula is C21H23ClN4O2S. The summed E-state index contributed by atoms with van der Waals surface area (Å²) in [6, 6.07) is 10.5. The van der Waals surface area contributed by atoms with E-state index in [0.717, 1.165) is 25.7 Å². The molecule has 0 radical (unpaired) electrons. The fourth-order valence-electron chi connectivity index (χ4n) is 3.63. The second-order valence-electron chi connectivity index (χ2n) is 7.18. The van der Waals surface area contributed by atoms with Crippen LogP contribution in [0.25, 0.3) is 21.3 Å². The van der Waals surface area contributed by atoms with Gasteiger partial charge in [0.15, 0.2) is 11.2 Å². The second kappa shape index (κ2) is 8.55. The van der Waals surface area contributed by atoms with Gasteiger partial charge in [-0.25, -0.2) is 4.79 Å². The van der Waals surface area contributed by atoms with Gasteiger partial charge in [0.05, 0.1) is 0 Å². The quantitative estimate of drug-likeness (QED) is 0.328. The summed E-state index contributed by atoms with van der Waals surface area (Å²) in [7, 11) is 0. The molecule has 0 fully saturated rings. The molecule has 3 aromatic heterocycles. The average molecular weight is 431 g/mol. The van der Waals surface area contributed by atoms with Crippen LogP contribution in [0.2, 0.25) is 5.28 Å². The lowest BCUT2D eigenvalue weighted by atomic mass is 10.2. The zero-order valence-electron chi connectivity index (χ0n) is 16.3. The number of nitrogens with zero attached hydrogens (tertiary/aromatic N) is 3. The summed E-state index contributed by atoms with van der Waals surface area (Å²) in [6.45, 7) is 3.01. The first-order valence-corrected chi connectivity index (χ1v) is 11.1. The van der Waals surface area contributed by atoms with Crippen molar-refractivity contribution in [1.29, 1.82) is 0 Å². The van der Waals surface area contributed by atoms with E-state index in [1.165, 1.54) is 19.5 Å². The second-order valence-corrected chi connectivity index (χ2v) is 8.70. The van der Waals surface area contributed by atoms with Crippen LogP contribution < -0.4 is 11.2 Å². The van der Waals surface area contributed by atoms with Gasteiger partial charge in [-0.3, -0.25) is 13.9 Å². The molecule has 6 nitrogen and oxygen atoms in total. The fraction of sp³-hybridized carbons (Fsp3) is 0.381. The number of hydrogen-bond donors (Lipinski definition) is 1. The number of imidazole rings is 1. The van der Waals surface area contributed by atoms with Gasteiger partial charge in [0.1, 0.15) is 0 Å². The molecule has 0 amide bonds. The average Bonchev–Trinajstić information content (AvgIpc) is 3.30. The Morgan fingerprint density at radius 3 is 2.69 bits per heavy atom. The molecule has 0 aliphatic carbocycles. The lowest BCUT2D eigenvalue weighted by Crippen LogP contribution is -2.40. The van der Waals surface area contributed by atoms with E-state index in [1.807, 2.05) is 12.1 Å². The predicted molar refractivity (Wildman–Crippen MR) is 119 cm³/mol. The highest BCUT2D eigenvalue weighted by Gasteiger charge is 2.16. The molecular weight excluding hydrogens is 408 g/mol. The molecule has 0 bridgehead atoms. The van der Waals surface area contributed by atoms with Gasteiger partial charge in [-0.15, -0.1) is 11.3 Å². The number of aromatic nitrogens is 4. The molecule has 1 aromatic carbocycles. The molecule has 3 heterocycles. The molecule has 0 aliphatic heterocycles. The number of H-pyrrole nitrogens is 1. The Labute approximate surface area is 176 Å². The van der Waals surface area contributed by atoms with Crippen LogP contribution in [0.15, 0.2) is 39.9 Å². The monoisotopic (exact) mass is 430 g/mol. The summed E-state index contributed by atoms with van der Waals surface area (Å²) in [4.78, 5) is 34.1. The molecule has 4 rings (SSSR count). The van der Waals surface area contributed by atoms with Crippen molar-refractivity contribution in [1.82, 2.24) is 19.1 Å². The number of halogens is 1. The van der Waals surface area contributed by atoms with E-state index in [4.69, 9.17) is 11.6 Å². The summed E-state index contributed by atoms with van der Waals surface area (Å²) < 4.78 is 4.15. The number of thiophene rings is 1. The Hall–Kier alpha value is -2.38. The van der Waals surface area contributed by atoms with E-state index in [1.54, 1.807) is 15.9 Å². The molecule has 0 saturated heterocycles. The van der Waals surface area contributed by atoms with E-state index >= 15 is 0 Å². The molecule has 152 valence electrons. The van der Waals surface area contributed by atoms with E-state index in [2.05, 4.69) is 35.1 Å². The van der Waals surface area contributed by atoms with Crippen molar-refractivity contribution in [2.24, 2.45) is 0 Å². The Bertz CT molecular complexity index is 1230. The first-order valence-electron chi connectivity index (χ1n) is 9.94. The highest BCUT2D eigenvalue weighted by molar-refractivity contribution is 7.19. The van der Waals surface area contributed by atoms with Gasteiger partial charge in [0.2, 0.25) is 5.28 Å². The third kappa shape index (κ3) is 4.02. The standard InChI is InChI=1S/C21H23ClN4O2S/c1-2-3-6-11-25-18-17(23-20(22)24-18)19(27)26(21(25)28)12-7-9-15-13-14-8-4-5-10-16(14)29-15/h4-5,8,10,13H,2-3,6-7,9,11-12H2,1H3,(H,23,24). The summed E-state index contributed by atoms with van der Waals surface area (Å²) in [5, 5.41) is 1.36. The third-order valence-corrected chi connectivity index (χ3v) is 6.45. The summed E-state index contributed by atoms with van der Waals surface area (Å²) in [6.07, 6.45) is 4.45. The van der Waals surface area contributed by atoms with Crippen LogP contribution in [0, 0.1) is 0 Å². The van der Waals surface area contributed by atoms with Gasteiger partial charge in [0, 0.05) is 22.7 Å². The maximum atomic E-state index is 13.0. The maximum absolute atomic E-state index is 13.0. The van der Waals surface area contributed by atoms with Gasteiger partial charge in [-0.2, -0.15) is 4.98 Å². The van der Waals surface area contributed by atoms with Crippen LogP contribution in [0.5, 0.6) is 0 Å². The zero-order valence-corrected chi connectivity index (χ0v) is 17.9. The minimum Gasteiger partial charge on any atom is -0.323 e. The number of rotatable bonds is 8. The molecule has 0 unspecified atom stereocenters. The molecule has 29 heavy (non-hydrogen) atoms. The molecule has 0 saturated carbocycles. The van der Waals surface area contributed by atoms with Crippen LogP contribution in [0.4, 0.5) is 0 Å². The van der Waals surface area contributed by atoms with Gasteiger partial charge in [-0.05, 0) is 48.4 Å². The number of nitrogens with one attached hydrogen (secondary N) is 1. The number of aromatic amines is 1.